The standard InChI is InChI=1S/C27H31F6N5O/c1-17-9-10-23(25(2,39-4)20-7-5-6-8-20)19(11-17)16-38(24-34-36-37(3)35-24)15-18-12-21(26(28,29)30)14-22(13-18)27(31,32)33/h9-14,20H,5-8,15-16H2,1-4H3. The first kappa shape index (κ1) is 28.8. The van der Waals surface area contributed by atoms with Gasteiger partial charge in [-0.1, -0.05) is 41.7 Å². The zero-order chi connectivity index (χ0) is 28.6. The fraction of sp³-hybridized carbons (Fsp3) is 0.519. The number of hydrogen-bond donors (Lipinski definition) is 0. The molecule has 0 N–H and O–H groups in total. The molecule has 4 rings (SSSR count). The van der Waals surface area contributed by atoms with Gasteiger partial charge in [0.2, 0.25) is 0 Å². The van der Waals surface area contributed by atoms with Crippen LogP contribution in [0.25, 0.3) is 0 Å². The van der Waals surface area contributed by atoms with E-state index in [9.17, 15) is 26.3 Å². The van der Waals surface area contributed by atoms with E-state index in [0.717, 1.165) is 54.5 Å². The summed E-state index contributed by atoms with van der Waals surface area (Å²) >= 11 is 0. The van der Waals surface area contributed by atoms with Crippen LogP contribution >= 0.6 is 0 Å². The molecule has 1 aliphatic carbocycles. The number of ether oxygens (including phenoxy) is 1. The third kappa shape index (κ3) is 6.37. The van der Waals surface area contributed by atoms with Crippen molar-refractivity contribution in [2.45, 2.75) is 70.6 Å². The van der Waals surface area contributed by atoms with Gasteiger partial charge in [-0.15, -0.1) is 5.10 Å². The van der Waals surface area contributed by atoms with Crippen LogP contribution in [0.5, 0.6) is 0 Å². The van der Waals surface area contributed by atoms with Crippen LogP contribution in [0.4, 0.5) is 32.3 Å². The number of anilines is 1. The first-order valence-corrected chi connectivity index (χ1v) is 12.6. The van der Waals surface area contributed by atoms with Gasteiger partial charge in [0, 0.05) is 20.2 Å². The SMILES string of the molecule is COC(C)(c1ccc(C)cc1CN(Cc1cc(C(F)(F)F)cc(C(F)(F)F)c1)c1nnn(C)n1)C1CCCC1. The highest BCUT2D eigenvalue weighted by Gasteiger charge is 2.40. The second kappa shape index (κ2) is 10.8. The van der Waals surface area contributed by atoms with Gasteiger partial charge in [0.05, 0.1) is 23.8 Å². The summed E-state index contributed by atoms with van der Waals surface area (Å²) in [4.78, 5) is 2.72. The maximum atomic E-state index is 13.5. The zero-order valence-electron chi connectivity index (χ0n) is 22.2. The summed E-state index contributed by atoms with van der Waals surface area (Å²) in [5, 5.41) is 12.0. The quantitative estimate of drug-likeness (QED) is 0.286. The molecule has 212 valence electrons. The van der Waals surface area contributed by atoms with Gasteiger partial charge in [-0.05, 0) is 72.7 Å². The molecule has 0 saturated heterocycles. The highest BCUT2D eigenvalue weighted by atomic mass is 19.4. The Morgan fingerprint density at radius 3 is 2.08 bits per heavy atom. The number of aryl methyl sites for hydroxylation is 2. The summed E-state index contributed by atoms with van der Waals surface area (Å²) in [6, 6.07) is 7.50. The van der Waals surface area contributed by atoms with E-state index in [-0.39, 0.29) is 36.6 Å². The Kier molecular flexibility index (Phi) is 7.98. The number of rotatable bonds is 8. The molecule has 39 heavy (non-hydrogen) atoms. The van der Waals surface area contributed by atoms with Gasteiger partial charge in [-0.25, -0.2) is 0 Å². The summed E-state index contributed by atoms with van der Waals surface area (Å²) in [7, 11) is 3.19. The molecule has 2 aromatic carbocycles. The summed E-state index contributed by atoms with van der Waals surface area (Å²) in [5.41, 5.74) is -0.861. The average Bonchev–Trinajstić information content (AvgIpc) is 3.55. The van der Waals surface area contributed by atoms with E-state index in [0.29, 0.717) is 0 Å². The minimum atomic E-state index is -4.95. The highest BCUT2D eigenvalue weighted by molar-refractivity contribution is 5.42. The number of halogens is 6. The van der Waals surface area contributed by atoms with Crippen LogP contribution in [-0.4, -0.2) is 27.3 Å². The Bertz CT molecular complexity index is 1270. The van der Waals surface area contributed by atoms with Crippen molar-refractivity contribution in [1.82, 2.24) is 20.2 Å². The molecule has 12 heteroatoms. The van der Waals surface area contributed by atoms with Gasteiger partial charge in [0.15, 0.2) is 0 Å². The summed E-state index contributed by atoms with van der Waals surface area (Å²) < 4.78 is 87.3. The molecule has 0 radical (unpaired) electrons. The van der Waals surface area contributed by atoms with Crippen molar-refractivity contribution in [1.29, 1.82) is 0 Å². The Morgan fingerprint density at radius 1 is 0.949 bits per heavy atom. The minimum absolute atomic E-state index is 0.0795. The molecule has 1 aromatic heterocycles. The van der Waals surface area contributed by atoms with Gasteiger partial charge >= 0.3 is 12.4 Å². The predicted octanol–water partition coefficient (Wildman–Crippen LogP) is 6.81. The Morgan fingerprint density at radius 2 is 1.56 bits per heavy atom. The van der Waals surface area contributed by atoms with Gasteiger partial charge < -0.3 is 9.64 Å². The maximum Gasteiger partial charge on any atom is 0.416 e. The first-order valence-electron chi connectivity index (χ1n) is 12.6. The monoisotopic (exact) mass is 555 g/mol. The fourth-order valence-corrected chi connectivity index (χ4v) is 5.45. The Balaban J connectivity index is 1.79. The van der Waals surface area contributed by atoms with Crippen LogP contribution in [0.3, 0.4) is 0 Å². The number of benzene rings is 2. The normalized spacial score (nSPS) is 16.5. The lowest BCUT2D eigenvalue weighted by atomic mass is 9.79. The number of methoxy groups -OCH3 is 1. The zero-order valence-corrected chi connectivity index (χ0v) is 22.2. The van der Waals surface area contributed by atoms with Crippen molar-refractivity contribution >= 4 is 5.95 Å². The molecule has 3 aromatic rings. The molecule has 0 aliphatic heterocycles. The van der Waals surface area contributed by atoms with E-state index in [1.165, 1.54) is 16.7 Å². The average molecular weight is 556 g/mol. The van der Waals surface area contributed by atoms with Crippen molar-refractivity contribution in [2.24, 2.45) is 13.0 Å². The van der Waals surface area contributed by atoms with Crippen molar-refractivity contribution < 1.29 is 31.1 Å². The van der Waals surface area contributed by atoms with Crippen LogP contribution in [0.2, 0.25) is 0 Å². The van der Waals surface area contributed by atoms with Crippen LogP contribution in [-0.2, 0) is 42.8 Å². The molecule has 1 fully saturated rings. The van der Waals surface area contributed by atoms with Crippen molar-refractivity contribution in [3.8, 4) is 0 Å². The molecule has 1 aliphatic rings. The van der Waals surface area contributed by atoms with E-state index >= 15 is 0 Å². The Hall–Kier alpha value is -3.15. The Labute approximate surface area is 222 Å². The molecular weight excluding hydrogens is 524 g/mol. The third-order valence-electron chi connectivity index (χ3n) is 7.52. The van der Waals surface area contributed by atoms with Crippen LogP contribution in [0.15, 0.2) is 36.4 Å². The van der Waals surface area contributed by atoms with Gasteiger partial charge in [0.25, 0.3) is 5.95 Å². The fourth-order valence-electron chi connectivity index (χ4n) is 5.45. The van der Waals surface area contributed by atoms with E-state index in [2.05, 4.69) is 15.4 Å². The van der Waals surface area contributed by atoms with E-state index < -0.39 is 29.1 Å². The number of aromatic nitrogens is 4. The molecule has 1 saturated carbocycles. The highest BCUT2D eigenvalue weighted by Crippen LogP contribution is 2.44. The van der Waals surface area contributed by atoms with E-state index in [4.69, 9.17) is 4.74 Å². The number of alkyl halides is 6. The lowest BCUT2D eigenvalue weighted by molar-refractivity contribution is -0.143. The summed E-state index contributed by atoms with van der Waals surface area (Å²) in [6.07, 6.45) is -5.71. The van der Waals surface area contributed by atoms with Crippen LogP contribution in [0.1, 0.15) is 66.0 Å². The molecular formula is C27H31F6N5O. The van der Waals surface area contributed by atoms with Gasteiger partial charge in [-0.3, -0.25) is 0 Å². The molecule has 0 amide bonds. The molecule has 1 atom stereocenters. The second-order valence-electron chi connectivity index (χ2n) is 10.3. The second-order valence-corrected chi connectivity index (χ2v) is 10.3. The predicted molar refractivity (Wildman–Crippen MR) is 133 cm³/mol. The lowest BCUT2D eigenvalue weighted by Crippen LogP contribution is -2.35. The van der Waals surface area contributed by atoms with Crippen LogP contribution in [0, 0.1) is 12.8 Å². The van der Waals surface area contributed by atoms with E-state index in [1.807, 2.05) is 32.0 Å². The molecule has 0 spiro atoms. The topological polar surface area (TPSA) is 56.1 Å². The van der Waals surface area contributed by atoms with Crippen LogP contribution < -0.4 is 4.90 Å². The number of tetrazole rings is 1. The first-order chi connectivity index (χ1) is 18.2. The molecule has 0 bridgehead atoms. The third-order valence-corrected chi connectivity index (χ3v) is 7.52. The van der Waals surface area contributed by atoms with E-state index in [1.54, 1.807) is 7.11 Å². The molecule has 1 unspecified atom stereocenters. The largest absolute Gasteiger partial charge is 0.416 e. The molecule has 1 heterocycles. The van der Waals surface area contributed by atoms with Crippen molar-refractivity contribution in [3.05, 3.63) is 69.8 Å². The minimum Gasteiger partial charge on any atom is -0.374 e. The summed E-state index contributed by atoms with van der Waals surface area (Å²) in [5.74, 6) is 0.348. The number of hydrogen-bond acceptors (Lipinski definition) is 5. The smallest absolute Gasteiger partial charge is 0.374 e. The lowest BCUT2D eigenvalue weighted by Gasteiger charge is -2.37. The molecule has 6 nitrogen and oxygen atoms in total. The maximum absolute atomic E-state index is 13.5. The van der Waals surface area contributed by atoms with Crippen molar-refractivity contribution in [3.63, 3.8) is 0 Å². The number of nitrogens with zero attached hydrogens (tertiary/aromatic N) is 5. The van der Waals surface area contributed by atoms with Gasteiger partial charge in [-0.2, -0.15) is 31.1 Å². The summed E-state index contributed by atoms with van der Waals surface area (Å²) in [6.45, 7) is 3.76. The van der Waals surface area contributed by atoms with Gasteiger partial charge in [0.1, 0.15) is 0 Å². The van der Waals surface area contributed by atoms with Crippen molar-refractivity contribution in [2.75, 3.05) is 12.0 Å².